The predicted octanol–water partition coefficient (Wildman–Crippen LogP) is 2.32. The second kappa shape index (κ2) is 7.74. The fraction of sp³-hybridized carbons (Fsp3) is 0.316. The van der Waals surface area contributed by atoms with Gasteiger partial charge in [0.25, 0.3) is 11.8 Å². The van der Waals surface area contributed by atoms with Gasteiger partial charge in [0.1, 0.15) is 11.6 Å². The van der Waals surface area contributed by atoms with Gasteiger partial charge in [-0.25, -0.2) is 0 Å². The molecule has 0 saturated carbocycles. The van der Waals surface area contributed by atoms with Crippen molar-refractivity contribution in [2.75, 3.05) is 27.9 Å². The normalized spacial score (nSPS) is 16.0. The van der Waals surface area contributed by atoms with Crippen molar-refractivity contribution in [1.82, 2.24) is 4.90 Å². The van der Waals surface area contributed by atoms with Crippen molar-refractivity contribution in [3.63, 3.8) is 0 Å². The lowest BCUT2D eigenvalue weighted by atomic mass is 9.93. The number of nitrogens with zero attached hydrogens (tertiary/aromatic N) is 2. The number of methoxy groups -OCH3 is 3. The van der Waals surface area contributed by atoms with Crippen molar-refractivity contribution in [2.45, 2.75) is 13.8 Å². The molecule has 0 bridgehead atoms. The standard InChI is InChI=1S/C19H20N2O5/c1-6-21-18(22)13(11(2)14(10-20)19(21)23)7-12-8-15(24-3)17(26-5)16(9-12)25-4/h7-9H,6H2,1-5H3/b13-7+. The molecule has 0 unspecified atom stereocenters. The van der Waals surface area contributed by atoms with E-state index in [1.807, 2.05) is 6.07 Å². The molecule has 1 aromatic carbocycles. The Kier molecular flexibility index (Phi) is 5.68. The van der Waals surface area contributed by atoms with Crippen molar-refractivity contribution >= 4 is 17.9 Å². The second-order valence-electron chi connectivity index (χ2n) is 5.48. The molecule has 0 fully saturated rings. The summed E-state index contributed by atoms with van der Waals surface area (Å²) >= 11 is 0. The third-order valence-electron chi connectivity index (χ3n) is 4.14. The highest BCUT2D eigenvalue weighted by atomic mass is 16.5. The number of likely N-dealkylation sites (N-methyl/N-ethyl adjacent to an activating group) is 1. The maximum absolute atomic E-state index is 12.7. The van der Waals surface area contributed by atoms with Gasteiger partial charge in [-0.2, -0.15) is 5.26 Å². The highest BCUT2D eigenvalue weighted by Crippen LogP contribution is 2.39. The number of carbonyl (C=O) groups excluding carboxylic acids is 2. The number of carbonyl (C=O) groups is 2. The molecule has 1 aromatic rings. The summed E-state index contributed by atoms with van der Waals surface area (Å²) < 4.78 is 15.9. The minimum atomic E-state index is -0.570. The Hall–Kier alpha value is -3.27. The van der Waals surface area contributed by atoms with Crippen LogP contribution < -0.4 is 14.2 Å². The zero-order valence-electron chi connectivity index (χ0n) is 15.4. The van der Waals surface area contributed by atoms with Crippen LogP contribution in [-0.4, -0.2) is 44.6 Å². The minimum absolute atomic E-state index is 0.0369. The van der Waals surface area contributed by atoms with Crippen molar-refractivity contribution in [3.8, 4) is 23.3 Å². The average Bonchev–Trinajstić information content (AvgIpc) is 2.65. The molecule has 7 heteroatoms. The SMILES string of the molecule is CCN1C(=O)C(C#N)=C(C)/C(=C\c2cc(OC)c(OC)c(OC)c2)C1=O. The maximum Gasteiger partial charge on any atom is 0.271 e. The van der Waals surface area contributed by atoms with Crippen LogP contribution in [0.2, 0.25) is 0 Å². The number of ether oxygens (including phenoxy) is 3. The molecule has 1 heterocycles. The van der Waals surface area contributed by atoms with Gasteiger partial charge in [-0.15, -0.1) is 0 Å². The van der Waals surface area contributed by atoms with Crippen LogP contribution >= 0.6 is 0 Å². The lowest BCUT2D eigenvalue weighted by molar-refractivity contribution is -0.140. The van der Waals surface area contributed by atoms with E-state index in [9.17, 15) is 14.9 Å². The van der Waals surface area contributed by atoms with E-state index in [0.717, 1.165) is 4.90 Å². The molecule has 26 heavy (non-hydrogen) atoms. The first-order chi connectivity index (χ1) is 12.4. The predicted molar refractivity (Wildman–Crippen MR) is 94.8 cm³/mol. The van der Waals surface area contributed by atoms with E-state index in [2.05, 4.69) is 0 Å². The Morgan fingerprint density at radius 1 is 1.08 bits per heavy atom. The number of rotatable bonds is 5. The fourth-order valence-electron chi connectivity index (χ4n) is 2.77. The van der Waals surface area contributed by atoms with Gasteiger partial charge >= 0.3 is 0 Å². The van der Waals surface area contributed by atoms with Crippen molar-refractivity contribution in [3.05, 3.63) is 34.4 Å². The number of imide groups is 1. The molecule has 2 amide bonds. The first kappa shape index (κ1) is 19.1. The summed E-state index contributed by atoms with van der Waals surface area (Å²) in [4.78, 5) is 26.0. The minimum Gasteiger partial charge on any atom is -0.493 e. The number of amides is 2. The highest BCUT2D eigenvalue weighted by molar-refractivity contribution is 6.19. The Labute approximate surface area is 152 Å². The van der Waals surface area contributed by atoms with Gasteiger partial charge in [-0.3, -0.25) is 14.5 Å². The van der Waals surface area contributed by atoms with Crippen LogP contribution in [0.5, 0.6) is 17.2 Å². The summed E-state index contributed by atoms with van der Waals surface area (Å²) in [6.45, 7) is 3.45. The smallest absolute Gasteiger partial charge is 0.271 e. The van der Waals surface area contributed by atoms with Crippen LogP contribution in [0.15, 0.2) is 28.9 Å². The van der Waals surface area contributed by atoms with Gasteiger partial charge in [0.15, 0.2) is 11.5 Å². The zero-order chi connectivity index (χ0) is 19.4. The van der Waals surface area contributed by atoms with E-state index in [1.54, 1.807) is 32.1 Å². The molecular weight excluding hydrogens is 336 g/mol. The van der Waals surface area contributed by atoms with E-state index in [4.69, 9.17) is 14.2 Å². The van der Waals surface area contributed by atoms with E-state index < -0.39 is 11.8 Å². The average molecular weight is 356 g/mol. The molecular formula is C19H20N2O5. The Balaban J connectivity index is 2.68. The van der Waals surface area contributed by atoms with Crippen LogP contribution in [0.3, 0.4) is 0 Å². The van der Waals surface area contributed by atoms with Crippen molar-refractivity contribution < 1.29 is 23.8 Å². The van der Waals surface area contributed by atoms with Gasteiger partial charge in [0.2, 0.25) is 5.75 Å². The molecule has 0 atom stereocenters. The number of hydrogen-bond donors (Lipinski definition) is 0. The van der Waals surface area contributed by atoms with Crippen LogP contribution in [0.1, 0.15) is 19.4 Å². The summed E-state index contributed by atoms with van der Waals surface area (Å²) in [7, 11) is 4.49. The van der Waals surface area contributed by atoms with Gasteiger partial charge in [0, 0.05) is 12.1 Å². The van der Waals surface area contributed by atoms with E-state index in [0.29, 0.717) is 28.4 Å². The van der Waals surface area contributed by atoms with Gasteiger partial charge < -0.3 is 14.2 Å². The number of hydrogen-bond acceptors (Lipinski definition) is 6. The molecule has 0 aromatic heterocycles. The third-order valence-corrected chi connectivity index (χ3v) is 4.14. The molecule has 0 N–H and O–H groups in total. The molecule has 1 aliphatic rings. The van der Waals surface area contributed by atoms with Gasteiger partial charge in [0.05, 0.1) is 21.3 Å². The molecule has 136 valence electrons. The fourth-order valence-corrected chi connectivity index (χ4v) is 2.77. The van der Waals surface area contributed by atoms with Crippen LogP contribution in [0.25, 0.3) is 6.08 Å². The Morgan fingerprint density at radius 3 is 2.08 bits per heavy atom. The zero-order valence-corrected chi connectivity index (χ0v) is 15.4. The van der Waals surface area contributed by atoms with Gasteiger partial charge in [-0.1, -0.05) is 0 Å². The van der Waals surface area contributed by atoms with Crippen LogP contribution in [-0.2, 0) is 9.59 Å². The Morgan fingerprint density at radius 2 is 1.65 bits per heavy atom. The molecule has 0 radical (unpaired) electrons. The summed E-state index contributed by atoms with van der Waals surface area (Å²) in [6.07, 6.45) is 1.61. The quantitative estimate of drug-likeness (QED) is 0.594. The maximum atomic E-state index is 12.7. The lowest BCUT2D eigenvalue weighted by Crippen LogP contribution is -2.42. The molecule has 2 rings (SSSR count). The summed E-state index contributed by atoms with van der Waals surface area (Å²) in [5, 5.41) is 9.30. The molecule has 1 aliphatic heterocycles. The summed E-state index contributed by atoms with van der Waals surface area (Å²) in [6, 6.07) is 5.27. The summed E-state index contributed by atoms with van der Waals surface area (Å²) in [5.41, 5.74) is 1.20. The topological polar surface area (TPSA) is 88.9 Å². The van der Waals surface area contributed by atoms with Crippen LogP contribution in [0.4, 0.5) is 0 Å². The first-order valence-corrected chi connectivity index (χ1v) is 7.92. The van der Waals surface area contributed by atoms with Crippen molar-refractivity contribution in [1.29, 1.82) is 5.26 Å². The monoisotopic (exact) mass is 356 g/mol. The lowest BCUT2D eigenvalue weighted by Gasteiger charge is -2.26. The van der Waals surface area contributed by atoms with E-state index in [-0.39, 0.29) is 17.7 Å². The molecule has 0 saturated heterocycles. The first-order valence-electron chi connectivity index (χ1n) is 7.92. The van der Waals surface area contributed by atoms with Crippen LogP contribution in [0, 0.1) is 11.3 Å². The third kappa shape index (κ3) is 3.14. The number of benzene rings is 1. The second-order valence-corrected chi connectivity index (χ2v) is 5.48. The largest absolute Gasteiger partial charge is 0.493 e. The van der Waals surface area contributed by atoms with E-state index >= 15 is 0 Å². The highest BCUT2D eigenvalue weighted by Gasteiger charge is 2.34. The molecule has 7 nitrogen and oxygen atoms in total. The van der Waals surface area contributed by atoms with Crippen molar-refractivity contribution in [2.24, 2.45) is 0 Å². The van der Waals surface area contributed by atoms with Gasteiger partial charge in [-0.05, 0) is 43.2 Å². The number of nitriles is 1. The Bertz CT molecular complexity index is 836. The molecule has 0 spiro atoms. The molecule has 0 aliphatic carbocycles. The van der Waals surface area contributed by atoms with E-state index in [1.165, 1.54) is 21.3 Å². The summed E-state index contributed by atoms with van der Waals surface area (Å²) in [5.74, 6) is 0.296.